The third-order valence-corrected chi connectivity index (χ3v) is 4.09. The van der Waals surface area contributed by atoms with E-state index >= 15 is 0 Å². The number of ether oxygens (including phenoxy) is 1. The molecule has 1 saturated heterocycles. The fourth-order valence-electron chi connectivity index (χ4n) is 2.95. The number of fused-ring (bicyclic) bond motifs is 1. The van der Waals surface area contributed by atoms with E-state index in [1.54, 1.807) is 24.5 Å². The molecule has 6 nitrogen and oxygen atoms in total. The van der Waals surface area contributed by atoms with Crippen molar-refractivity contribution in [2.75, 3.05) is 13.1 Å². The highest BCUT2D eigenvalue weighted by molar-refractivity contribution is 6.06. The number of carbonyl (C=O) groups excluding carboxylic acids is 1. The van der Waals surface area contributed by atoms with Crippen LogP contribution in [0.5, 0.6) is 5.88 Å². The first-order valence-electron chi connectivity index (χ1n) is 7.61. The quantitative estimate of drug-likeness (QED) is 0.805. The van der Waals surface area contributed by atoms with Gasteiger partial charge in [-0.3, -0.25) is 4.79 Å². The summed E-state index contributed by atoms with van der Waals surface area (Å²) in [4.78, 5) is 17.7. The van der Waals surface area contributed by atoms with Crippen LogP contribution in [0.3, 0.4) is 0 Å². The summed E-state index contributed by atoms with van der Waals surface area (Å²) in [6.45, 7) is 1.25. The number of H-pyrrole nitrogens is 1. The first-order chi connectivity index (χ1) is 11.3. The molecule has 0 aliphatic carbocycles. The van der Waals surface area contributed by atoms with E-state index in [2.05, 4.69) is 15.2 Å². The fourth-order valence-corrected chi connectivity index (χ4v) is 2.95. The van der Waals surface area contributed by atoms with Crippen LogP contribution in [0.2, 0.25) is 0 Å². The Hall–Kier alpha value is -2.89. The van der Waals surface area contributed by atoms with Gasteiger partial charge in [0.1, 0.15) is 6.10 Å². The minimum atomic E-state index is -0.0409. The molecular weight excluding hydrogens is 292 g/mol. The lowest BCUT2D eigenvalue weighted by atomic mass is 10.1. The Balaban J connectivity index is 1.48. The molecule has 23 heavy (non-hydrogen) atoms. The van der Waals surface area contributed by atoms with Crippen molar-refractivity contribution < 1.29 is 9.53 Å². The van der Waals surface area contributed by atoms with Crippen molar-refractivity contribution >= 4 is 16.8 Å². The van der Waals surface area contributed by atoms with Gasteiger partial charge in [0.2, 0.25) is 5.88 Å². The number of aromatic amines is 1. The van der Waals surface area contributed by atoms with Gasteiger partial charge in [0.15, 0.2) is 0 Å². The van der Waals surface area contributed by atoms with E-state index in [1.807, 2.05) is 29.2 Å². The molecule has 1 atom stereocenters. The third kappa shape index (κ3) is 2.63. The Morgan fingerprint density at radius 3 is 3.04 bits per heavy atom. The maximum absolute atomic E-state index is 12.7. The van der Waals surface area contributed by atoms with E-state index in [4.69, 9.17) is 4.74 Å². The molecule has 1 aliphatic heterocycles. The van der Waals surface area contributed by atoms with Gasteiger partial charge in [0, 0.05) is 42.3 Å². The van der Waals surface area contributed by atoms with Gasteiger partial charge in [-0.15, -0.1) is 5.10 Å². The number of nitrogens with zero attached hydrogens (tertiary/aromatic N) is 3. The molecule has 4 rings (SSSR count). The van der Waals surface area contributed by atoms with Gasteiger partial charge >= 0.3 is 0 Å². The van der Waals surface area contributed by atoms with Crippen molar-refractivity contribution in [2.45, 2.75) is 12.5 Å². The Kier molecular flexibility index (Phi) is 3.42. The van der Waals surface area contributed by atoms with Gasteiger partial charge in [-0.1, -0.05) is 18.2 Å². The standard InChI is InChI=1S/C17H16N4O2/c22-17(14-10-18-15-5-2-1-4-13(14)15)21-9-7-12(11-21)23-16-6-3-8-19-20-16/h1-6,8,10,12,18H,7,9,11H2. The van der Waals surface area contributed by atoms with Crippen molar-refractivity contribution in [3.63, 3.8) is 0 Å². The first-order valence-corrected chi connectivity index (χ1v) is 7.61. The van der Waals surface area contributed by atoms with Gasteiger partial charge in [-0.25, -0.2) is 0 Å². The van der Waals surface area contributed by atoms with Crippen molar-refractivity contribution in [1.29, 1.82) is 0 Å². The van der Waals surface area contributed by atoms with Crippen LogP contribution >= 0.6 is 0 Å². The van der Waals surface area contributed by atoms with Crippen LogP contribution < -0.4 is 4.74 Å². The molecule has 2 aromatic heterocycles. The number of benzene rings is 1. The number of amides is 1. The minimum absolute atomic E-state index is 0.0349. The van der Waals surface area contributed by atoms with Gasteiger partial charge in [-0.2, -0.15) is 5.10 Å². The predicted octanol–water partition coefficient (Wildman–Crippen LogP) is 2.25. The SMILES string of the molecule is O=C(c1c[nH]c2ccccc12)N1CCC(Oc2cccnn2)C1. The van der Waals surface area contributed by atoms with Crippen LogP contribution in [-0.2, 0) is 0 Å². The molecule has 1 aromatic carbocycles. The second-order valence-corrected chi connectivity index (χ2v) is 5.59. The molecule has 3 aromatic rings. The van der Waals surface area contributed by atoms with E-state index in [9.17, 15) is 4.79 Å². The highest BCUT2D eigenvalue weighted by Gasteiger charge is 2.29. The summed E-state index contributed by atoms with van der Waals surface area (Å²) in [6, 6.07) is 11.4. The van der Waals surface area contributed by atoms with Crippen LogP contribution in [0.4, 0.5) is 0 Å². The van der Waals surface area contributed by atoms with E-state index in [0.29, 0.717) is 24.5 Å². The van der Waals surface area contributed by atoms with Crippen molar-refractivity contribution in [3.05, 3.63) is 54.4 Å². The zero-order valence-electron chi connectivity index (χ0n) is 12.5. The van der Waals surface area contributed by atoms with Gasteiger partial charge < -0.3 is 14.6 Å². The Labute approximate surface area is 133 Å². The van der Waals surface area contributed by atoms with Crippen LogP contribution in [-0.4, -0.2) is 45.2 Å². The fraction of sp³-hybridized carbons (Fsp3) is 0.235. The number of para-hydroxylation sites is 1. The largest absolute Gasteiger partial charge is 0.471 e. The summed E-state index contributed by atoms with van der Waals surface area (Å²) in [6.07, 6.45) is 4.14. The van der Waals surface area contributed by atoms with Crippen LogP contribution in [0.25, 0.3) is 10.9 Å². The number of nitrogens with one attached hydrogen (secondary N) is 1. The summed E-state index contributed by atoms with van der Waals surface area (Å²) in [5.41, 5.74) is 1.68. The summed E-state index contributed by atoms with van der Waals surface area (Å²) >= 11 is 0. The number of hydrogen-bond acceptors (Lipinski definition) is 4. The number of aromatic nitrogens is 3. The zero-order chi connectivity index (χ0) is 15.6. The molecule has 0 saturated carbocycles. The highest BCUT2D eigenvalue weighted by atomic mass is 16.5. The minimum Gasteiger partial charge on any atom is -0.471 e. The Bertz CT molecular complexity index is 831. The van der Waals surface area contributed by atoms with Gasteiger partial charge in [-0.05, 0) is 12.1 Å². The molecule has 0 bridgehead atoms. The van der Waals surface area contributed by atoms with E-state index in [1.165, 1.54) is 0 Å². The normalized spacial score (nSPS) is 17.6. The molecule has 0 spiro atoms. The second kappa shape index (κ2) is 5.72. The molecule has 1 unspecified atom stereocenters. The summed E-state index contributed by atoms with van der Waals surface area (Å²) < 4.78 is 5.79. The first kappa shape index (κ1) is 13.8. The molecule has 3 heterocycles. The maximum atomic E-state index is 12.7. The Morgan fingerprint density at radius 2 is 2.17 bits per heavy atom. The number of rotatable bonds is 3. The average Bonchev–Trinajstić information content (AvgIpc) is 3.22. The molecule has 1 N–H and O–H groups in total. The van der Waals surface area contributed by atoms with Crippen molar-refractivity contribution in [2.24, 2.45) is 0 Å². The van der Waals surface area contributed by atoms with E-state index in [-0.39, 0.29) is 12.0 Å². The smallest absolute Gasteiger partial charge is 0.256 e. The molecule has 1 aliphatic rings. The molecule has 1 fully saturated rings. The molecule has 116 valence electrons. The topological polar surface area (TPSA) is 71.1 Å². The highest BCUT2D eigenvalue weighted by Crippen LogP contribution is 2.22. The van der Waals surface area contributed by atoms with Crippen LogP contribution in [0.15, 0.2) is 48.8 Å². The average molecular weight is 308 g/mol. The van der Waals surface area contributed by atoms with E-state index < -0.39 is 0 Å². The number of carbonyl (C=O) groups is 1. The molecular formula is C17H16N4O2. The lowest BCUT2D eigenvalue weighted by Crippen LogP contribution is -2.30. The van der Waals surface area contributed by atoms with Crippen molar-refractivity contribution in [1.82, 2.24) is 20.1 Å². The van der Waals surface area contributed by atoms with Crippen LogP contribution in [0, 0.1) is 0 Å². The summed E-state index contributed by atoms with van der Waals surface area (Å²) in [5, 5.41) is 8.67. The molecule has 6 heteroatoms. The monoisotopic (exact) mass is 308 g/mol. The van der Waals surface area contributed by atoms with Gasteiger partial charge in [0.25, 0.3) is 5.91 Å². The molecule has 0 radical (unpaired) electrons. The second-order valence-electron chi connectivity index (χ2n) is 5.59. The zero-order valence-corrected chi connectivity index (χ0v) is 12.5. The third-order valence-electron chi connectivity index (χ3n) is 4.09. The summed E-state index contributed by atoms with van der Waals surface area (Å²) in [5.74, 6) is 0.534. The van der Waals surface area contributed by atoms with Gasteiger partial charge in [0.05, 0.1) is 12.1 Å². The van der Waals surface area contributed by atoms with Crippen LogP contribution in [0.1, 0.15) is 16.8 Å². The lowest BCUT2D eigenvalue weighted by molar-refractivity contribution is 0.0773. The van der Waals surface area contributed by atoms with E-state index in [0.717, 1.165) is 17.3 Å². The van der Waals surface area contributed by atoms with Crippen molar-refractivity contribution in [3.8, 4) is 5.88 Å². The predicted molar refractivity (Wildman–Crippen MR) is 85.3 cm³/mol. The lowest BCUT2D eigenvalue weighted by Gasteiger charge is -2.16. The Morgan fingerprint density at radius 1 is 1.26 bits per heavy atom. The maximum Gasteiger partial charge on any atom is 0.256 e. The number of likely N-dealkylation sites (tertiary alicyclic amines) is 1. The molecule has 1 amide bonds. The summed E-state index contributed by atoms with van der Waals surface area (Å²) in [7, 11) is 0. The number of hydrogen-bond donors (Lipinski definition) is 1.